The van der Waals surface area contributed by atoms with Crippen LogP contribution in [-0.2, 0) is 53.8 Å². The molecule has 4 N–H and O–H groups in total. The van der Waals surface area contributed by atoms with Crippen LogP contribution in [0.2, 0.25) is 0 Å². The zero-order valence-electron chi connectivity index (χ0n) is 45.6. The molecule has 0 amide bonds. The van der Waals surface area contributed by atoms with Gasteiger partial charge in [-0.3, -0.25) is 0 Å². The summed E-state index contributed by atoms with van der Waals surface area (Å²) < 4.78 is 74.7. The van der Waals surface area contributed by atoms with Crippen molar-refractivity contribution in [1.82, 2.24) is 79.7 Å². The first-order valence-electron chi connectivity index (χ1n) is 27.2. The molecule has 4 aliphatic heterocycles. The van der Waals surface area contributed by atoms with Crippen LogP contribution < -0.4 is 0 Å². The number of rotatable bonds is 2. The SMILES string of the molecule is O=S(=O)([O-])c1ccc2c3nc4nc(nc5[nH]c(nc6nc(nc([nH]3)c2c1S(=O)(=O)[O-])-c1ccccc1-6)c1ccccc51)-c1ccccc1-4.[Co+2].[Co].c1ccc2c(c1)-c1nc-2nc2[nH]c(nc3nc(nc4[nH]c(n1)c1ccccc41)-c1ccccc1-3)c1ccccc21. The minimum absolute atomic E-state index is 0. The molecule has 14 aromatic rings. The molecule has 18 rings (SSSR count). The van der Waals surface area contributed by atoms with Gasteiger partial charge in [0.1, 0.15) is 65.4 Å². The van der Waals surface area contributed by atoms with Gasteiger partial charge in [0, 0.05) is 104 Å². The van der Waals surface area contributed by atoms with Gasteiger partial charge in [0.15, 0.2) is 46.6 Å². The number of aromatic amines is 4. The van der Waals surface area contributed by atoms with E-state index in [-0.39, 0.29) is 67.7 Å². The van der Waals surface area contributed by atoms with Gasteiger partial charge in [-0.05, 0) is 12.1 Å². The quantitative estimate of drug-likeness (QED) is 0.117. The minimum atomic E-state index is -5.56. The van der Waals surface area contributed by atoms with Gasteiger partial charge in [0.2, 0.25) is 0 Å². The van der Waals surface area contributed by atoms with E-state index in [1.165, 1.54) is 6.07 Å². The fraction of sp³-hybridized carbons (Fsp3) is 0. The second-order valence-corrected chi connectivity index (χ2v) is 23.4. The summed E-state index contributed by atoms with van der Waals surface area (Å²) in [6.45, 7) is 0. The maximum Gasteiger partial charge on any atom is 2.00 e. The number of benzene rings is 8. The largest absolute Gasteiger partial charge is 2.00 e. The van der Waals surface area contributed by atoms with Gasteiger partial charge in [0.05, 0.1) is 9.79 Å². The van der Waals surface area contributed by atoms with Crippen LogP contribution in [0.25, 0.3) is 179 Å². The third-order valence-electron chi connectivity index (χ3n) is 15.6. The van der Waals surface area contributed by atoms with Crippen molar-refractivity contribution in [3.8, 4) is 91.1 Å². The fourth-order valence-electron chi connectivity index (χ4n) is 11.7. The summed E-state index contributed by atoms with van der Waals surface area (Å²) in [5.74, 6) is 3.26. The number of hydrogen-bond acceptors (Lipinski definition) is 18. The molecular formula is C64H34Co2N16O6S2. The average Bonchev–Trinajstić information content (AvgIpc) is 1.54. The van der Waals surface area contributed by atoms with Crippen molar-refractivity contribution >= 4 is 109 Å². The summed E-state index contributed by atoms with van der Waals surface area (Å²) >= 11 is 0. The maximum absolute atomic E-state index is 12.7. The number of H-pyrrole nitrogens is 4. The van der Waals surface area contributed by atoms with E-state index in [4.69, 9.17) is 49.8 Å². The summed E-state index contributed by atoms with van der Waals surface area (Å²) in [5.41, 5.74) is 9.53. The third kappa shape index (κ3) is 9.03. The molecule has 2 radical (unpaired) electrons. The van der Waals surface area contributed by atoms with E-state index < -0.39 is 35.4 Å². The predicted octanol–water partition coefficient (Wildman–Crippen LogP) is 11.5. The number of hydrogen-bond donors (Lipinski definition) is 4. The van der Waals surface area contributed by atoms with Crippen molar-refractivity contribution in [3.05, 3.63) is 182 Å². The normalized spacial score (nSPS) is 12.1. The van der Waals surface area contributed by atoms with Crippen LogP contribution in [-0.4, -0.2) is 106 Å². The first kappa shape index (κ1) is 55.9. The van der Waals surface area contributed by atoms with Crippen LogP contribution in [0.15, 0.2) is 192 Å². The molecule has 26 heteroatoms. The molecule has 6 aromatic heterocycles. The average molecular weight is 1310 g/mol. The maximum atomic E-state index is 12.7. The predicted molar refractivity (Wildman–Crippen MR) is 328 cm³/mol. The van der Waals surface area contributed by atoms with Gasteiger partial charge < -0.3 is 29.0 Å². The van der Waals surface area contributed by atoms with Crippen molar-refractivity contribution in [2.75, 3.05) is 0 Å². The summed E-state index contributed by atoms with van der Waals surface area (Å²) in [5, 5.41) is 4.95. The van der Waals surface area contributed by atoms with Crippen molar-refractivity contribution < 1.29 is 59.5 Å². The molecule has 436 valence electrons. The third-order valence-corrected chi connectivity index (χ3v) is 17.5. The Bertz CT molecular complexity index is 5750. The molecule has 0 atom stereocenters. The molecule has 0 unspecified atom stereocenters. The van der Waals surface area contributed by atoms with Crippen LogP contribution in [0, 0.1) is 0 Å². The summed E-state index contributed by atoms with van der Waals surface area (Å²) in [6, 6.07) is 56.1. The number of nitrogens with zero attached hydrogens (tertiary/aromatic N) is 12. The molecule has 0 fully saturated rings. The Hall–Kier alpha value is -10.7. The topological polar surface area (TPSA) is 332 Å². The van der Waals surface area contributed by atoms with Gasteiger partial charge in [-0.2, -0.15) is 0 Å². The summed E-state index contributed by atoms with van der Waals surface area (Å²) in [4.78, 5) is 69.0. The van der Waals surface area contributed by atoms with E-state index in [0.717, 1.165) is 60.6 Å². The van der Waals surface area contributed by atoms with E-state index in [2.05, 4.69) is 29.9 Å². The van der Waals surface area contributed by atoms with Crippen LogP contribution in [0.1, 0.15) is 0 Å². The Labute approximate surface area is 527 Å². The number of fused-ring (bicyclic) bond motifs is 40. The van der Waals surface area contributed by atoms with Crippen LogP contribution in [0.3, 0.4) is 0 Å². The monoisotopic (exact) mass is 1300 g/mol. The van der Waals surface area contributed by atoms with Crippen LogP contribution >= 0.6 is 0 Å². The van der Waals surface area contributed by atoms with E-state index in [1.807, 2.05) is 133 Å². The molecule has 4 aliphatic rings. The summed E-state index contributed by atoms with van der Waals surface area (Å²) in [7, 11) is -11.0. The standard InChI is InChI=1S/C32H18N8O6S2.C32H18N8.2Co/c41-47(42,43)22-14-13-21-23(24(22)48(44,45)46)32-39-30-20-12-6-5-11-19(20)28(37-30)35-26-16-8-2-1-7-15(16)25(33-26)34-27-17-9-3-4-10-18(17)29(36-27)38-31(21)40-32;1-2-10-18-17(9-1)25-33-26(18)38-28-21-13-5-6-14-22(21)30(35-28)40-32-24-16-8-7-15-23(24)31(36-32)39-29-20-12-4-3-11-19(20)27(34-29)37-25;;/h1-14H,(H,41,42,43)(H,44,45,46)(H2,33,34,35,36,37,38,39,40);1-16H,(H2,33,34,35,36,37,38,39,40);;/q;;;+2/p-2. The van der Waals surface area contributed by atoms with Crippen LogP contribution in [0.5, 0.6) is 0 Å². The van der Waals surface area contributed by atoms with Crippen molar-refractivity contribution in [1.29, 1.82) is 0 Å². The van der Waals surface area contributed by atoms with Crippen molar-refractivity contribution in [2.45, 2.75) is 9.79 Å². The molecule has 90 heavy (non-hydrogen) atoms. The Kier molecular flexibility index (Phi) is 13.0. The fourth-order valence-corrected chi connectivity index (χ4v) is 13.7. The van der Waals surface area contributed by atoms with E-state index in [0.29, 0.717) is 85.3 Å². The smallest absolute Gasteiger partial charge is 0.744 e. The zero-order chi connectivity index (χ0) is 59.2. The summed E-state index contributed by atoms with van der Waals surface area (Å²) in [6.07, 6.45) is 0. The Morgan fingerprint density at radius 3 is 0.700 bits per heavy atom. The first-order valence-corrected chi connectivity index (χ1v) is 30.0. The Morgan fingerprint density at radius 2 is 0.467 bits per heavy atom. The van der Waals surface area contributed by atoms with Crippen molar-refractivity contribution in [2.24, 2.45) is 0 Å². The second-order valence-electron chi connectivity index (χ2n) is 20.8. The Balaban J connectivity index is 0.000000149. The second kappa shape index (κ2) is 21.0. The molecule has 0 saturated heterocycles. The zero-order valence-corrected chi connectivity index (χ0v) is 49.3. The molecule has 0 spiro atoms. The van der Waals surface area contributed by atoms with Gasteiger partial charge in [0.25, 0.3) is 0 Å². The molecule has 0 saturated carbocycles. The first-order chi connectivity index (χ1) is 42.8. The van der Waals surface area contributed by atoms with Gasteiger partial charge in [-0.25, -0.2) is 76.6 Å². The Morgan fingerprint density at radius 1 is 0.256 bits per heavy atom. The van der Waals surface area contributed by atoms with E-state index in [9.17, 15) is 25.9 Å². The molecule has 16 bridgehead atoms. The van der Waals surface area contributed by atoms with E-state index in [1.54, 1.807) is 36.4 Å². The number of nitrogens with one attached hydrogen (secondary N) is 4. The van der Waals surface area contributed by atoms with Gasteiger partial charge in [-0.1, -0.05) is 170 Å². The molecule has 10 heterocycles. The van der Waals surface area contributed by atoms with Gasteiger partial charge in [-0.15, -0.1) is 0 Å². The molecular weight excluding hydrogens is 1270 g/mol. The molecule has 0 aliphatic carbocycles. The van der Waals surface area contributed by atoms with E-state index >= 15 is 0 Å². The van der Waals surface area contributed by atoms with Gasteiger partial charge >= 0.3 is 16.8 Å². The minimum Gasteiger partial charge on any atom is -0.744 e. The van der Waals surface area contributed by atoms with Crippen molar-refractivity contribution in [3.63, 3.8) is 0 Å². The number of aromatic nitrogens is 16. The molecule has 22 nitrogen and oxygen atoms in total. The van der Waals surface area contributed by atoms with Crippen LogP contribution in [0.4, 0.5) is 0 Å². The molecule has 8 aromatic carbocycles.